The molecule has 5 nitrogen and oxygen atoms in total. The summed E-state index contributed by atoms with van der Waals surface area (Å²) in [5.74, 6) is -0.244. The lowest BCUT2D eigenvalue weighted by Gasteiger charge is -2.08. The van der Waals surface area contributed by atoms with Gasteiger partial charge in [-0.1, -0.05) is 30.3 Å². The van der Waals surface area contributed by atoms with Crippen molar-refractivity contribution in [2.45, 2.75) is 12.7 Å². The summed E-state index contributed by atoms with van der Waals surface area (Å²) in [4.78, 5) is 11.9. The highest BCUT2D eigenvalue weighted by Crippen LogP contribution is 2.12. The van der Waals surface area contributed by atoms with E-state index in [0.717, 1.165) is 11.1 Å². The molecule has 1 aromatic heterocycles. The Morgan fingerprint density at radius 2 is 1.86 bits per heavy atom. The molecular weight excluding hydrogens is 320 g/mol. The van der Waals surface area contributed by atoms with E-state index >= 15 is 0 Å². The van der Waals surface area contributed by atoms with Crippen LogP contribution in [0.15, 0.2) is 41.1 Å². The molecule has 0 bridgehead atoms. The van der Waals surface area contributed by atoms with Crippen molar-refractivity contribution in [2.75, 3.05) is 13.1 Å². The minimum absolute atomic E-state index is 0.0641. The molecule has 0 atom stereocenters. The third-order valence-corrected chi connectivity index (χ3v) is 5.25. The van der Waals surface area contributed by atoms with Gasteiger partial charge in [-0.3, -0.25) is 4.79 Å². The quantitative estimate of drug-likeness (QED) is 0.757. The highest BCUT2D eigenvalue weighted by molar-refractivity contribution is 7.88. The van der Waals surface area contributed by atoms with Crippen LogP contribution in [0.2, 0.25) is 0 Å². The molecule has 2 N–H and O–H groups in total. The van der Waals surface area contributed by atoms with Crippen LogP contribution < -0.4 is 10.0 Å². The van der Waals surface area contributed by atoms with Crippen molar-refractivity contribution < 1.29 is 13.2 Å². The van der Waals surface area contributed by atoms with Gasteiger partial charge in [0.15, 0.2) is 0 Å². The first kappa shape index (κ1) is 16.7. The fourth-order valence-corrected chi connectivity index (χ4v) is 3.89. The van der Waals surface area contributed by atoms with E-state index in [1.165, 1.54) is 11.3 Å². The van der Waals surface area contributed by atoms with Crippen LogP contribution in [0.3, 0.4) is 0 Å². The standard InChI is InChI=1S/C15H18N2O3S2/c1-12-9-21-10-14(12)15(18)16-7-8-17-22(19,20)11-13-5-3-2-4-6-13/h2-6,9-10,17H,7-8,11H2,1H3,(H,16,18). The van der Waals surface area contributed by atoms with Gasteiger partial charge in [0.25, 0.3) is 5.91 Å². The molecule has 118 valence electrons. The van der Waals surface area contributed by atoms with Gasteiger partial charge < -0.3 is 5.32 Å². The Bertz CT molecular complexity index is 724. The Morgan fingerprint density at radius 1 is 1.14 bits per heavy atom. The molecule has 0 spiro atoms. The van der Waals surface area contributed by atoms with E-state index in [1.54, 1.807) is 29.6 Å². The van der Waals surface area contributed by atoms with Crippen LogP contribution >= 0.6 is 11.3 Å². The first-order valence-electron chi connectivity index (χ1n) is 6.80. The fourth-order valence-electron chi connectivity index (χ4n) is 1.92. The summed E-state index contributed by atoms with van der Waals surface area (Å²) in [5.41, 5.74) is 2.29. The lowest BCUT2D eigenvalue weighted by atomic mass is 10.2. The van der Waals surface area contributed by atoms with Crippen LogP contribution in [0.1, 0.15) is 21.5 Å². The van der Waals surface area contributed by atoms with E-state index in [-0.39, 0.29) is 24.7 Å². The molecule has 0 radical (unpaired) electrons. The minimum Gasteiger partial charge on any atom is -0.351 e. The number of sulfonamides is 1. The van der Waals surface area contributed by atoms with Crippen molar-refractivity contribution in [3.63, 3.8) is 0 Å². The average molecular weight is 338 g/mol. The van der Waals surface area contributed by atoms with E-state index in [4.69, 9.17) is 0 Å². The molecular formula is C15H18N2O3S2. The Hall–Kier alpha value is -1.70. The number of rotatable bonds is 7. The summed E-state index contributed by atoms with van der Waals surface area (Å²) in [6.45, 7) is 2.29. The number of hydrogen-bond acceptors (Lipinski definition) is 4. The van der Waals surface area contributed by atoms with Crippen LogP contribution in [0.4, 0.5) is 0 Å². The summed E-state index contributed by atoms with van der Waals surface area (Å²) >= 11 is 1.47. The Morgan fingerprint density at radius 3 is 2.50 bits per heavy atom. The van der Waals surface area contributed by atoms with Crippen molar-refractivity contribution >= 4 is 27.3 Å². The summed E-state index contributed by atoms with van der Waals surface area (Å²) in [5, 5.41) is 6.39. The number of amides is 1. The maximum absolute atomic E-state index is 11.9. The molecule has 1 heterocycles. The third-order valence-electron chi connectivity index (χ3n) is 3.03. The summed E-state index contributed by atoms with van der Waals surface area (Å²) in [7, 11) is -3.39. The molecule has 0 saturated heterocycles. The largest absolute Gasteiger partial charge is 0.351 e. The second-order valence-electron chi connectivity index (χ2n) is 4.86. The molecule has 0 aliphatic carbocycles. The van der Waals surface area contributed by atoms with Gasteiger partial charge in [0.1, 0.15) is 0 Å². The lowest BCUT2D eigenvalue weighted by molar-refractivity contribution is 0.0954. The van der Waals surface area contributed by atoms with Crippen molar-refractivity contribution in [3.05, 3.63) is 57.8 Å². The second kappa shape index (κ2) is 7.53. The molecule has 0 unspecified atom stereocenters. The van der Waals surface area contributed by atoms with E-state index in [9.17, 15) is 13.2 Å². The number of nitrogens with one attached hydrogen (secondary N) is 2. The van der Waals surface area contributed by atoms with Crippen LogP contribution in [-0.4, -0.2) is 27.4 Å². The Balaban J connectivity index is 1.76. The van der Waals surface area contributed by atoms with Crippen LogP contribution in [-0.2, 0) is 15.8 Å². The van der Waals surface area contributed by atoms with E-state index in [1.807, 2.05) is 18.4 Å². The zero-order valence-corrected chi connectivity index (χ0v) is 13.8. The van der Waals surface area contributed by atoms with Crippen molar-refractivity contribution in [2.24, 2.45) is 0 Å². The number of benzene rings is 1. The van der Waals surface area contributed by atoms with Gasteiger partial charge >= 0.3 is 0 Å². The van der Waals surface area contributed by atoms with E-state index in [0.29, 0.717) is 5.56 Å². The molecule has 0 saturated carbocycles. The first-order valence-corrected chi connectivity index (χ1v) is 9.40. The minimum atomic E-state index is -3.39. The van der Waals surface area contributed by atoms with E-state index < -0.39 is 10.0 Å². The second-order valence-corrected chi connectivity index (χ2v) is 7.41. The zero-order chi connectivity index (χ0) is 16.0. The van der Waals surface area contributed by atoms with Crippen molar-refractivity contribution in [1.29, 1.82) is 0 Å². The lowest BCUT2D eigenvalue weighted by Crippen LogP contribution is -2.35. The SMILES string of the molecule is Cc1cscc1C(=O)NCCNS(=O)(=O)Cc1ccccc1. The molecule has 22 heavy (non-hydrogen) atoms. The molecule has 2 aromatic rings. The van der Waals surface area contributed by atoms with Gasteiger partial charge in [-0.25, -0.2) is 13.1 Å². The van der Waals surface area contributed by atoms with Gasteiger partial charge in [0.2, 0.25) is 10.0 Å². The normalized spacial score (nSPS) is 11.3. The summed E-state index contributed by atoms with van der Waals surface area (Å²) in [6.07, 6.45) is 0. The predicted molar refractivity (Wildman–Crippen MR) is 88.5 cm³/mol. The molecule has 7 heteroatoms. The highest BCUT2D eigenvalue weighted by atomic mass is 32.2. The zero-order valence-electron chi connectivity index (χ0n) is 12.2. The fraction of sp³-hybridized carbons (Fsp3) is 0.267. The number of thiophene rings is 1. The predicted octanol–water partition coefficient (Wildman–Crippen LogP) is 1.91. The van der Waals surface area contributed by atoms with Crippen molar-refractivity contribution in [1.82, 2.24) is 10.0 Å². The Labute approximate surface area is 134 Å². The van der Waals surface area contributed by atoms with Crippen molar-refractivity contribution in [3.8, 4) is 0 Å². The molecule has 2 rings (SSSR count). The maximum atomic E-state index is 11.9. The molecule has 0 aliphatic rings. The van der Waals surface area contributed by atoms with E-state index in [2.05, 4.69) is 10.0 Å². The first-order chi connectivity index (χ1) is 10.5. The van der Waals surface area contributed by atoms with Gasteiger partial charge in [0, 0.05) is 18.5 Å². The van der Waals surface area contributed by atoms with Crippen LogP contribution in [0, 0.1) is 6.92 Å². The number of aryl methyl sites for hydroxylation is 1. The number of carbonyl (C=O) groups excluding carboxylic acids is 1. The molecule has 1 amide bonds. The van der Waals surface area contributed by atoms with Gasteiger partial charge in [0.05, 0.1) is 11.3 Å². The number of hydrogen-bond donors (Lipinski definition) is 2. The van der Waals surface area contributed by atoms with Gasteiger partial charge in [-0.2, -0.15) is 11.3 Å². The van der Waals surface area contributed by atoms with Crippen LogP contribution in [0.5, 0.6) is 0 Å². The van der Waals surface area contributed by atoms with Gasteiger partial charge in [-0.15, -0.1) is 0 Å². The smallest absolute Gasteiger partial charge is 0.252 e. The summed E-state index contributed by atoms with van der Waals surface area (Å²) < 4.78 is 26.3. The average Bonchev–Trinajstić information content (AvgIpc) is 2.90. The highest BCUT2D eigenvalue weighted by Gasteiger charge is 2.12. The Kier molecular flexibility index (Phi) is 5.70. The summed E-state index contributed by atoms with van der Waals surface area (Å²) in [6, 6.07) is 8.97. The van der Waals surface area contributed by atoms with Gasteiger partial charge in [-0.05, 0) is 23.4 Å². The molecule has 1 aromatic carbocycles. The third kappa shape index (κ3) is 4.94. The number of carbonyl (C=O) groups is 1. The topological polar surface area (TPSA) is 75.3 Å². The maximum Gasteiger partial charge on any atom is 0.252 e. The van der Waals surface area contributed by atoms with Crippen LogP contribution in [0.25, 0.3) is 0 Å². The molecule has 0 aliphatic heterocycles. The molecule has 0 fully saturated rings. The monoisotopic (exact) mass is 338 g/mol.